The van der Waals surface area contributed by atoms with E-state index in [1.165, 1.54) is 19.2 Å². The first-order valence-corrected chi connectivity index (χ1v) is 9.07. The van der Waals surface area contributed by atoms with Gasteiger partial charge in [-0.25, -0.2) is 9.59 Å². The maximum Gasteiger partial charge on any atom is 0.410 e. The minimum atomic E-state index is -0.634. The van der Waals surface area contributed by atoms with Crippen LogP contribution in [-0.4, -0.2) is 59.8 Å². The van der Waals surface area contributed by atoms with Crippen LogP contribution < -0.4 is 4.90 Å². The number of hydrogen-bond acceptors (Lipinski definition) is 7. The number of nitro groups is 1. The number of nitrogens with zero attached hydrogens (tertiary/aromatic N) is 3. The van der Waals surface area contributed by atoms with Gasteiger partial charge in [-0.2, -0.15) is 0 Å². The predicted octanol–water partition coefficient (Wildman–Crippen LogP) is 3.22. The van der Waals surface area contributed by atoms with Gasteiger partial charge in [-0.05, 0) is 46.8 Å². The maximum absolute atomic E-state index is 12.5. The van der Waals surface area contributed by atoms with Crippen molar-refractivity contribution < 1.29 is 24.0 Å². The number of nitro benzene ring substituents is 1. The highest BCUT2D eigenvalue weighted by molar-refractivity contribution is 5.91. The third-order valence-electron chi connectivity index (χ3n) is 4.52. The number of methoxy groups -OCH3 is 1. The monoisotopic (exact) mass is 393 g/mol. The van der Waals surface area contributed by atoms with Crippen molar-refractivity contribution in [3.8, 4) is 0 Å². The summed E-state index contributed by atoms with van der Waals surface area (Å²) in [5.41, 5.74) is -0.251. The average molecular weight is 393 g/mol. The first kappa shape index (κ1) is 21.5. The van der Waals surface area contributed by atoms with Crippen molar-refractivity contribution in [1.82, 2.24) is 4.90 Å². The number of hydrogen-bond donors (Lipinski definition) is 0. The standard InChI is InChI=1S/C19H27N3O6/c1-12-11-21(18(24)28-19(3,4)5)13(2)10-20(12)15-8-7-14(17(23)27-6)9-16(15)22(25)26/h7-9,12-13H,10-11H2,1-6H3/t12-,13+/m0/s1. The molecule has 1 aromatic rings. The van der Waals surface area contributed by atoms with Crippen molar-refractivity contribution in [1.29, 1.82) is 0 Å². The van der Waals surface area contributed by atoms with E-state index in [-0.39, 0.29) is 23.3 Å². The van der Waals surface area contributed by atoms with Crippen molar-refractivity contribution in [2.45, 2.75) is 52.3 Å². The van der Waals surface area contributed by atoms with Crippen LogP contribution in [0.1, 0.15) is 45.0 Å². The van der Waals surface area contributed by atoms with E-state index in [2.05, 4.69) is 4.74 Å². The molecule has 1 fully saturated rings. The summed E-state index contributed by atoms with van der Waals surface area (Å²) in [6.07, 6.45) is -0.401. The lowest BCUT2D eigenvalue weighted by molar-refractivity contribution is -0.384. The fourth-order valence-electron chi connectivity index (χ4n) is 3.19. The van der Waals surface area contributed by atoms with Crippen LogP contribution in [0.25, 0.3) is 0 Å². The summed E-state index contributed by atoms with van der Waals surface area (Å²) in [5.74, 6) is -0.634. The largest absolute Gasteiger partial charge is 0.465 e. The molecule has 0 aromatic heterocycles. The molecule has 1 aliphatic heterocycles. The Morgan fingerprint density at radius 3 is 2.36 bits per heavy atom. The summed E-state index contributed by atoms with van der Waals surface area (Å²) in [4.78, 5) is 38.8. The second-order valence-electron chi connectivity index (χ2n) is 7.94. The normalized spacial score (nSPS) is 19.9. The highest BCUT2D eigenvalue weighted by atomic mass is 16.6. The summed E-state index contributed by atoms with van der Waals surface area (Å²) in [7, 11) is 1.22. The molecule has 0 radical (unpaired) electrons. The Balaban J connectivity index is 2.29. The van der Waals surface area contributed by atoms with Gasteiger partial charge in [0.1, 0.15) is 11.3 Å². The SMILES string of the molecule is COC(=O)c1ccc(N2C[C@@H](C)N(C(=O)OC(C)(C)C)C[C@@H]2C)c([N+](=O)[O-])c1. The molecule has 1 aliphatic rings. The van der Waals surface area contributed by atoms with Crippen LogP contribution in [0.3, 0.4) is 0 Å². The van der Waals surface area contributed by atoms with Gasteiger partial charge < -0.3 is 19.3 Å². The molecule has 1 aromatic carbocycles. The van der Waals surface area contributed by atoms with Gasteiger partial charge in [-0.15, -0.1) is 0 Å². The van der Waals surface area contributed by atoms with Gasteiger partial charge in [-0.1, -0.05) is 0 Å². The summed E-state index contributed by atoms with van der Waals surface area (Å²) < 4.78 is 10.1. The fourth-order valence-corrected chi connectivity index (χ4v) is 3.19. The Hall–Kier alpha value is -2.84. The molecule has 28 heavy (non-hydrogen) atoms. The lowest BCUT2D eigenvalue weighted by Crippen LogP contribution is -2.59. The number of amides is 1. The summed E-state index contributed by atoms with van der Waals surface area (Å²) in [6.45, 7) is 9.95. The first-order valence-electron chi connectivity index (χ1n) is 9.07. The Morgan fingerprint density at radius 2 is 1.82 bits per heavy atom. The van der Waals surface area contributed by atoms with Crippen molar-refractivity contribution in [2.75, 3.05) is 25.1 Å². The van der Waals surface area contributed by atoms with Crippen LogP contribution in [-0.2, 0) is 9.47 Å². The van der Waals surface area contributed by atoms with E-state index in [9.17, 15) is 19.7 Å². The zero-order chi connectivity index (χ0) is 21.2. The summed E-state index contributed by atoms with van der Waals surface area (Å²) >= 11 is 0. The second-order valence-corrected chi connectivity index (χ2v) is 7.94. The van der Waals surface area contributed by atoms with Gasteiger partial charge in [0.05, 0.1) is 17.6 Å². The van der Waals surface area contributed by atoms with Gasteiger partial charge in [0, 0.05) is 31.2 Å². The van der Waals surface area contributed by atoms with Gasteiger partial charge in [0.2, 0.25) is 0 Å². The Morgan fingerprint density at radius 1 is 1.18 bits per heavy atom. The number of carbonyl (C=O) groups excluding carboxylic acids is 2. The number of rotatable bonds is 3. The van der Waals surface area contributed by atoms with Gasteiger partial charge in [0.15, 0.2) is 0 Å². The number of benzene rings is 1. The molecule has 0 saturated carbocycles. The number of piperazine rings is 1. The van der Waals surface area contributed by atoms with Crippen LogP contribution in [0.15, 0.2) is 18.2 Å². The van der Waals surface area contributed by atoms with Crippen LogP contribution in [0, 0.1) is 10.1 Å². The van der Waals surface area contributed by atoms with E-state index < -0.39 is 22.6 Å². The lowest BCUT2D eigenvalue weighted by atomic mass is 10.1. The molecule has 0 unspecified atom stereocenters. The zero-order valence-corrected chi connectivity index (χ0v) is 17.1. The Bertz CT molecular complexity index is 773. The second kappa shape index (κ2) is 8.04. The minimum absolute atomic E-state index is 0.117. The molecular formula is C19H27N3O6. The quantitative estimate of drug-likeness (QED) is 0.441. The molecule has 2 atom stereocenters. The van der Waals surface area contributed by atoms with Gasteiger partial charge in [0.25, 0.3) is 5.69 Å². The lowest BCUT2D eigenvalue weighted by Gasteiger charge is -2.45. The predicted molar refractivity (Wildman–Crippen MR) is 104 cm³/mol. The van der Waals surface area contributed by atoms with Gasteiger partial charge >= 0.3 is 12.1 Å². The van der Waals surface area contributed by atoms with Crippen molar-refractivity contribution in [2.24, 2.45) is 0 Å². The molecule has 2 rings (SSSR count). The molecule has 9 nitrogen and oxygen atoms in total. The van der Waals surface area contributed by atoms with E-state index in [4.69, 9.17) is 4.74 Å². The van der Waals surface area contributed by atoms with Crippen LogP contribution in [0.5, 0.6) is 0 Å². The molecule has 154 valence electrons. The summed E-state index contributed by atoms with van der Waals surface area (Å²) in [6, 6.07) is 3.90. The van der Waals surface area contributed by atoms with E-state index in [0.29, 0.717) is 18.8 Å². The minimum Gasteiger partial charge on any atom is -0.465 e. The molecule has 0 bridgehead atoms. The number of anilines is 1. The van der Waals surface area contributed by atoms with Crippen molar-refractivity contribution in [3.05, 3.63) is 33.9 Å². The summed E-state index contributed by atoms with van der Waals surface area (Å²) in [5, 5.41) is 11.6. The Kier molecular flexibility index (Phi) is 6.16. The third kappa shape index (κ3) is 4.71. The van der Waals surface area contributed by atoms with Gasteiger partial charge in [-0.3, -0.25) is 10.1 Å². The highest BCUT2D eigenvalue weighted by Crippen LogP contribution is 2.33. The molecule has 1 amide bonds. The van der Waals surface area contributed by atoms with E-state index in [1.54, 1.807) is 11.0 Å². The first-order chi connectivity index (χ1) is 12.9. The molecule has 0 N–H and O–H groups in total. The molecule has 1 saturated heterocycles. The van der Waals surface area contributed by atoms with Crippen LogP contribution in [0.4, 0.5) is 16.2 Å². The number of esters is 1. The molecule has 9 heteroatoms. The van der Waals surface area contributed by atoms with E-state index in [0.717, 1.165) is 0 Å². The highest BCUT2D eigenvalue weighted by Gasteiger charge is 2.36. The third-order valence-corrected chi connectivity index (χ3v) is 4.52. The smallest absolute Gasteiger partial charge is 0.410 e. The molecule has 0 spiro atoms. The number of ether oxygens (including phenoxy) is 2. The van der Waals surface area contributed by atoms with Crippen molar-refractivity contribution in [3.63, 3.8) is 0 Å². The van der Waals surface area contributed by atoms with E-state index >= 15 is 0 Å². The van der Waals surface area contributed by atoms with Crippen LogP contribution in [0.2, 0.25) is 0 Å². The zero-order valence-electron chi connectivity index (χ0n) is 17.1. The fraction of sp³-hybridized carbons (Fsp3) is 0.579. The maximum atomic E-state index is 12.5. The topological polar surface area (TPSA) is 102 Å². The average Bonchev–Trinajstić information content (AvgIpc) is 2.60. The molecular weight excluding hydrogens is 366 g/mol. The Labute approximate surface area is 164 Å². The molecule has 1 heterocycles. The van der Waals surface area contributed by atoms with E-state index in [1.807, 2.05) is 39.5 Å². The number of carbonyl (C=O) groups is 2. The van der Waals surface area contributed by atoms with Crippen LogP contribution >= 0.6 is 0 Å². The molecule has 0 aliphatic carbocycles. The van der Waals surface area contributed by atoms with Crippen molar-refractivity contribution >= 4 is 23.4 Å².